The van der Waals surface area contributed by atoms with Gasteiger partial charge in [-0.1, -0.05) is 41.1 Å². The summed E-state index contributed by atoms with van der Waals surface area (Å²) in [6, 6.07) is 10.3. The second kappa shape index (κ2) is 7.80. The van der Waals surface area contributed by atoms with E-state index in [1.165, 1.54) is 22.7 Å². The molecule has 0 aliphatic rings. The maximum absolute atomic E-state index is 12.6. The number of hydrogen-bond acceptors (Lipinski definition) is 7. The highest BCUT2D eigenvalue weighted by Crippen LogP contribution is 2.24. The Morgan fingerprint density at radius 3 is 2.62 bits per heavy atom. The Balaban J connectivity index is 1.72. The first kappa shape index (κ1) is 18.9. The highest BCUT2D eigenvalue weighted by molar-refractivity contribution is 7.91. The number of amides is 1. The summed E-state index contributed by atoms with van der Waals surface area (Å²) in [4.78, 5) is 12.5. The number of carbonyl (C=O) groups excluding carboxylic acids is 1. The number of hydrogen-bond donors (Lipinski definition) is 1. The van der Waals surface area contributed by atoms with Crippen molar-refractivity contribution in [3.8, 4) is 0 Å². The van der Waals surface area contributed by atoms with Crippen LogP contribution in [0.25, 0.3) is 0 Å². The Morgan fingerprint density at radius 1 is 1.23 bits per heavy atom. The zero-order valence-electron chi connectivity index (χ0n) is 13.4. The molecular weight excluding hydrogens is 416 g/mol. The number of nitrogens with one attached hydrogen (secondary N) is 1. The monoisotopic (exact) mass is 428 g/mol. The number of rotatable bonds is 6. The topological polar surface area (TPSA) is 92.3 Å². The van der Waals surface area contributed by atoms with Gasteiger partial charge >= 0.3 is 0 Å². The first-order valence-corrected chi connectivity index (χ1v) is 10.8. The van der Waals surface area contributed by atoms with Crippen LogP contribution in [0.1, 0.15) is 15.2 Å². The lowest BCUT2D eigenvalue weighted by Gasteiger charge is -2.14. The lowest BCUT2D eigenvalue weighted by atomic mass is 10.2. The summed E-state index contributed by atoms with van der Waals surface area (Å²) in [6.07, 6.45) is 0. The number of carbonyl (C=O) groups is 1. The van der Waals surface area contributed by atoms with Crippen LogP contribution in [0.3, 0.4) is 0 Å². The fraction of sp³-hybridized carbons (Fsp3) is 0.133. The van der Waals surface area contributed by atoms with Crippen molar-refractivity contribution in [2.75, 3.05) is 12.4 Å². The number of aromatic nitrogens is 2. The van der Waals surface area contributed by atoms with E-state index in [0.29, 0.717) is 9.90 Å². The third kappa shape index (κ3) is 4.27. The van der Waals surface area contributed by atoms with Gasteiger partial charge in [-0.2, -0.15) is 4.31 Å². The molecule has 0 bridgehead atoms. The zero-order valence-corrected chi connectivity index (χ0v) is 16.6. The van der Waals surface area contributed by atoms with Crippen LogP contribution in [0.15, 0.2) is 46.1 Å². The Kier molecular flexibility index (Phi) is 5.68. The first-order valence-electron chi connectivity index (χ1n) is 7.25. The van der Waals surface area contributed by atoms with Crippen LogP contribution in [-0.2, 0) is 16.6 Å². The summed E-state index contributed by atoms with van der Waals surface area (Å²) in [5.41, 5.74) is 0.788. The van der Waals surface area contributed by atoms with Crippen molar-refractivity contribution < 1.29 is 13.2 Å². The second-order valence-corrected chi connectivity index (χ2v) is 9.77. The van der Waals surface area contributed by atoms with Gasteiger partial charge in [0.05, 0.1) is 4.88 Å². The number of thiophene rings is 1. The Morgan fingerprint density at radius 2 is 1.96 bits per heavy atom. The lowest BCUT2D eigenvalue weighted by Crippen LogP contribution is -2.26. The Hall–Kier alpha value is -1.85. The minimum Gasteiger partial charge on any atom is -0.296 e. The average Bonchev–Trinajstić information content (AvgIpc) is 3.28. The van der Waals surface area contributed by atoms with E-state index >= 15 is 0 Å². The van der Waals surface area contributed by atoms with Crippen molar-refractivity contribution in [2.24, 2.45) is 0 Å². The van der Waals surface area contributed by atoms with Gasteiger partial charge in [0.15, 0.2) is 0 Å². The van der Waals surface area contributed by atoms with Gasteiger partial charge in [-0.15, -0.1) is 21.5 Å². The molecule has 1 aromatic carbocycles. The van der Waals surface area contributed by atoms with Gasteiger partial charge in [-0.25, -0.2) is 8.42 Å². The van der Waals surface area contributed by atoms with Crippen LogP contribution >= 0.6 is 34.3 Å². The summed E-state index contributed by atoms with van der Waals surface area (Å²) < 4.78 is 26.2. The summed E-state index contributed by atoms with van der Waals surface area (Å²) in [6.45, 7) is 0.163. The third-order valence-corrected chi connectivity index (χ3v) is 7.43. The fourth-order valence-corrected chi connectivity index (χ4v) is 4.98. The van der Waals surface area contributed by atoms with E-state index in [2.05, 4.69) is 15.5 Å². The molecule has 7 nitrogen and oxygen atoms in total. The number of halogens is 1. The second-order valence-electron chi connectivity index (χ2n) is 5.19. The molecule has 0 aliphatic carbocycles. The van der Waals surface area contributed by atoms with Crippen molar-refractivity contribution in [3.63, 3.8) is 0 Å². The molecule has 136 valence electrons. The molecule has 0 unspecified atom stereocenters. The van der Waals surface area contributed by atoms with Crippen LogP contribution in [-0.4, -0.2) is 35.9 Å². The average molecular weight is 429 g/mol. The predicted octanol–water partition coefficient (Wildman–Crippen LogP) is 3.33. The SMILES string of the molecule is CN(Cc1ccc(Cl)cc1)S(=O)(=O)c1nnc(NC(=O)c2cccs2)s1. The van der Waals surface area contributed by atoms with E-state index in [1.807, 2.05) is 0 Å². The molecule has 0 saturated carbocycles. The molecule has 3 rings (SSSR count). The third-order valence-electron chi connectivity index (χ3n) is 3.32. The fourth-order valence-electron chi connectivity index (χ4n) is 2.00. The minimum absolute atomic E-state index is 0.127. The van der Waals surface area contributed by atoms with Gasteiger partial charge in [0.25, 0.3) is 15.9 Å². The van der Waals surface area contributed by atoms with Gasteiger partial charge in [0.1, 0.15) is 0 Å². The molecule has 0 atom stereocenters. The van der Waals surface area contributed by atoms with E-state index in [-0.39, 0.29) is 21.9 Å². The first-order chi connectivity index (χ1) is 12.4. The molecule has 0 radical (unpaired) electrons. The highest BCUT2D eigenvalue weighted by Gasteiger charge is 2.26. The van der Waals surface area contributed by atoms with Gasteiger partial charge in [-0.3, -0.25) is 10.1 Å². The maximum atomic E-state index is 12.6. The normalized spacial score (nSPS) is 11.7. The van der Waals surface area contributed by atoms with E-state index in [0.717, 1.165) is 16.9 Å². The summed E-state index contributed by atoms with van der Waals surface area (Å²) in [5, 5.41) is 12.5. The molecule has 26 heavy (non-hydrogen) atoms. The van der Waals surface area contributed by atoms with Crippen molar-refractivity contribution >= 4 is 55.3 Å². The standard InChI is InChI=1S/C15H13ClN4O3S3/c1-20(9-10-4-6-11(16)7-5-10)26(22,23)15-19-18-14(25-15)17-13(21)12-3-2-8-24-12/h2-8H,9H2,1H3,(H,17,18,21). The molecule has 1 amide bonds. The highest BCUT2D eigenvalue weighted by atomic mass is 35.5. The van der Waals surface area contributed by atoms with Gasteiger partial charge in [0.2, 0.25) is 9.47 Å². The van der Waals surface area contributed by atoms with Gasteiger partial charge < -0.3 is 0 Å². The van der Waals surface area contributed by atoms with E-state index in [1.54, 1.807) is 41.8 Å². The lowest BCUT2D eigenvalue weighted by molar-refractivity contribution is 0.103. The quantitative estimate of drug-likeness (QED) is 0.608. The molecule has 0 aliphatic heterocycles. The van der Waals surface area contributed by atoms with E-state index in [4.69, 9.17) is 11.6 Å². The van der Waals surface area contributed by atoms with Crippen LogP contribution in [0.4, 0.5) is 5.13 Å². The van der Waals surface area contributed by atoms with Gasteiger partial charge in [0, 0.05) is 18.6 Å². The summed E-state index contributed by atoms with van der Waals surface area (Å²) >= 11 is 7.92. The van der Waals surface area contributed by atoms with Crippen LogP contribution < -0.4 is 5.32 Å². The van der Waals surface area contributed by atoms with Crippen LogP contribution in [0.5, 0.6) is 0 Å². The predicted molar refractivity (Wildman–Crippen MR) is 102 cm³/mol. The number of anilines is 1. The Bertz CT molecular complexity index is 1000. The molecule has 0 saturated heterocycles. The van der Waals surface area contributed by atoms with Gasteiger partial charge in [-0.05, 0) is 29.1 Å². The van der Waals surface area contributed by atoms with Crippen molar-refractivity contribution in [3.05, 3.63) is 57.2 Å². The number of nitrogens with zero attached hydrogens (tertiary/aromatic N) is 3. The largest absolute Gasteiger partial charge is 0.296 e. The maximum Gasteiger partial charge on any atom is 0.272 e. The Labute approximate surface area is 163 Å². The molecular formula is C15H13ClN4O3S3. The van der Waals surface area contributed by atoms with Crippen molar-refractivity contribution in [1.82, 2.24) is 14.5 Å². The smallest absolute Gasteiger partial charge is 0.272 e. The molecule has 0 fully saturated rings. The summed E-state index contributed by atoms with van der Waals surface area (Å²) in [5.74, 6) is -0.352. The zero-order chi connectivity index (χ0) is 18.7. The molecule has 1 N–H and O–H groups in total. The molecule has 0 spiro atoms. The number of benzene rings is 1. The van der Waals surface area contributed by atoms with Crippen LogP contribution in [0, 0.1) is 0 Å². The molecule has 2 aromatic heterocycles. The van der Waals surface area contributed by atoms with E-state index in [9.17, 15) is 13.2 Å². The minimum atomic E-state index is -3.82. The van der Waals surface area contributed by atoms with Crippen molar-refractivity contribution in [2.45, 2.75) is 10.9 Å². The molecule has 11 heteroatoms. The molecule has 3 aromatic rings. The molecule has 2 heterocycles. The number of sulfonamides is 1. The van der Waals surface area contributed by atoms with E-state index < -0.39 is 10.0 Å². The van der Waals surface area contributed by atoms with Crippen LogP contribution in [0.2, 0.25) is 5.02 Å². The summed E-state index contributed by atoms with van der Waals surface area (Å²) in [7, 11) is -2.37. The van der Waals surface area contributed by atoms with Crippen molar-refractivity contribution in [1.29, 1.82) is 0 Å².